The zero-order chi connectivity index (χ0) is 19.2. The van der Waals surface area contributed by atoms with Gasteiger partial charge in [0.15, 0.2) is 5.82 Å². The van der Waals surface area contributed by atoms with Gasteiger partial charge in [-0.2, -0.15) is 5.10 Å². The zero-order valence-corrected chi connectivity index (χ0v) is 15.7. The van der Waals surface area contributed by atoms with E-state index in [1.165, 1.54) is 0 Å². The van der Waals surface area contributed by atoms with Gasteiger partial charge in [0.1, 0.15) is 5.56 Å². The number of nitrogens with zero attached hydrogens (tertiary/aromatic N) is 3. The largest absolute Gasteiger partial charge is 0.376 e. The molecule has 1 aromatic heterocycles. The molecule has 27 heavy (non-hydrogen) atoms. The van der Waals surface area contributed by atoms with Crippen LogP contribution in [0.1, 0.15) is 36.2 Å². The lowest BCUT2D eigenvalue weighted by atomic mass is 9.98. The number of hydrogen-bond donors (Lipinski definition) is 2. The van der Waals surface area contributed by atoms with Gasteiger partial charge in [-0.15, -0.1) is 0 Å². The third-order valence-corrected chi connectivity index (χ3v) is 5.23. The lowest BCUT2D eigenvalue weighted by Crippen LogP contribution is -2.35. The highest BCUT2D eigenvalue weighted by Crippen LogP contribution is 2.39. The van der Waals surface area contributed by atoms with Crippen LogP contribution < -0.4 is 11.1 Å². The van der Waals surface area contributed by atoms with E-state index < -0.39 is 11.6 Å². The molecular weight excluding hydrogens is 346 g/mol. The third kappa shape index (κ3) is 3.00. The number of fused-ring (bicyclic) bond motifs is 1. The number of aliphatic imine (C=N–C) groups is 1. The lowest BCUT2D eigenvalue weighted by molar-refractivity contribution is 0.0192. The number of ether oxygens (including phenoxy) is 2. The molecular formula is C19H23N5O3. The summed E-state index contributed by atoms with van der Waals surface area (Å²) in [5.41, 5.74) is 7.81. The van der Waals surface area contributed by atoms with Crippen molar-refractivity contribution in [3.63, 3.8) is 0 Å². The minimum absolute atomic E-state index is 0.317. The fourth-order valence-corrected chi connectivity index (χ4v) is 3.25. The monoisotopic (exact) mass is 369 g/mol. The molecule has 0 bridgehead atoms. The number of carbonyl (C=O) groups excluding carboxylic acids is 1. The molecule has 3 N–H and O–H groups in total. The highest BCUT2D eigenvalue weighted by molar-refractivity contribution is 6.04. The molecule has 0 radical (unpaired) electrons. The first-order valence-electron chi connectivity index (χ1n) is 8.85. The molecule has 2 aromatic rings. The van der Waals surface area contributed by atoms with Crippen LogP contribution in [0.5, 0.6) is 0 Å². The van der Waals surface area contributed by atoms with E-state index in [0.29, 0.717) is 24.6 Å². The van der Waals surface area contributed by atoms with Crippen molar-refractivity contribution < 1.29 is 14.3 Å². The smallest absolute Gasteiger partial charge is 0.254 e. The van der Waals surface area contributed by atoms with E-state index in [2.05, 4.69) is 15.4 Å². The van der Waals surface area contributed by atoms with Gasteiger partial charge in [-0.05, 0) is 31.5 Å². The summed E-state index contributed by atoms with van der Waals surface area (Å²) in [6.07, 6.45) is 2.42. The van der Waals surface area contributed by atoms with Gasteiger partial charge < -0.3 is 20.5 Å². The van der Waals surface area contributed by atoms with E-state index in [1.54, 1.807) is 18.0 Å². The second-order valence-corrected chi connectivity index (χ2v) is 7.29. The van der Waals surface area contributed by atoms with Crippen LogP contribution in [0.3, 0.4) is 0 Å². The van der Waals surface area contributed by atoms with Crippen LogP contribution in [0.15, 0.2) is 35.5 Å². The minimum atomic E-state index is -0.575. The number of methoxy groups -OCH3 is 1. The molecule has 0 unspecified atom stereocenters. The van der Waals surface area contributed by atoms with E-state index >= 15 is 0 Å². The standard InChI is InChI=1S/C19H23N5O3/c1-18(2,26-3)12-4-6-13(7-5-12)21-17-14(16(20)25)10-24(23-17)19-11-27-9-8-15(19)22-19/h4-7,10H,8-9,11H2,1-3H3,(H2,20,25)(H,21,23)/t19-/m0/s1. The predicted octanol–water partition coefficient (Wildman–Crippen LogP) is 2.13. The van der Waals surface area contributed by atoms with Crippen molar-refractivity contribution in [2.24, 2.45) is 10.7 Å². The molecule has 1 atom stereocenters. The SMILES string of the molecule is COC(C)(C)c1ccc(Nc2nn([C@@]34COCCC3=N4)cc2C(N)=O)cc1. The topological polar surface area (TPSA) is 104 Å². The number of nitrogens with one attached hydrogen (secondary N) is 1. The minimum Gasteiger partial charge on any atom is -0.376 e. The number of carbonyl (C=O) groups is 1. The van der Waals surface area contributed by atoms with E-state index in [4.69, 9.17) is 15.2 Å². The Kier molecular flexibility index (Phi) is 4.05. The summed E-state index contributed by atoms with van der Waals surface area (Å²) in [7, 11) is 1.68. The highest BCUT2D eigenvalue weighted by atomic mass is 16.5. The van der Waals surface area contributed by atoms with Gasteiger partial charge in [-0.25, -0.2) is 4.68 Å². The van der Waals surface area contributed by atoms with Crippen molar-refractivity contribution in [3.8, 4) is 0 Å². The second kappa shape index (κ2) is 6.17. The first kappa shape index (κ1) is 17.7. The molecule has 1 saturated heterocycles. The Labute approximate surface area is 157 Å². The molecule has 142 valence electrons. The molecule has 0 saturated carbocycles. The first-order chi connectivity index (χ1) is 12.9. The molecule has 0 aliphatic carbocycles. The zero-order valence-electron chi connectivity index (χ0n) is 15.7. The molecule has 1 aromatic carbocycles. The van der Waals surface area contributed by atoms with Crippen LogP contribution in [-0.2, 0) is 20.7 Å². The Morgan fingerprint density at radius 3 is 2.74 bits per heavy atom. The van der Waals surface area contributed by atoms with E-state index in [-0.39, 0.29) is 5.60 Å². The molecule has 3 heterocycles. The first-order valence-corrected chi connectivity index (χ1v) is 8.85. The van der Waals surface area contributed by atoms with E-state index in [0.717, 1.165) is 23.4 Å². The normalized spacial score (nSPS) is 21.4. The van der Waals surface area contributed by atoms with Crippen molar-refractivity contribution >= 4 is 23.1 Å². The van der Waals surface area contributed by atoms with Crippen LogP contribution in [0.2, 0.25) is 0 Å². The summed E-state index contributed by atoms with van der Waals surface area (Å²) in [6.45, 7) is 5.10. The average Bonchev–Trinajstić information content (AvgIpc) is 3.26. The van der Waals surface area contributed by atoms with Gasteiger partial charge in [0.2, 0.25) is 5.66 Å². The number of aromatic nitrogens is 2. The number of hydrogen-bond acceptors (Lipinski definition) is 6. The van der Waals surface area contributed by atoms with Crippen molar-refractivity contribution in [1.29, 1.82) is 0 Å². The lowest BCUT2D eigenvalue weighted by Gasteiger charge is -2.23. The number of benzene rings is 1. The molecule has 1 fully saturated rings. The van der Waals surface area contributed by atoms with Crippen LogP contribution in [0.25, 0.3) is 0 Å². The molecule has 8 nitrogen and oxygen atoms in total. The number of nitrogens with two attached hydrogens (primary N) is 1. The van der Waals surface area contributed by atoms with E-state index in [9.17, 15) is 4.79 Å². The Balaban J connectivity index is 1.59. The number of anilines is 2. The Hall–Kier alpha value is -2.71. The van der Waals surface area contributed by atoms with Crippen molar-refractivity contribution in [3.05, 3.63) is 41.6 Å². The highest BCUT2D eigenvalue weighted by Gasteiger charge is 2.52. The summed E-state index contributed by atoms with van der Waals surface area (Å²) in [5, 5.41) is 7.72. The Morgan fingerprint density at radius 2 is 2.11 bits per heavy atom. The molecule has 8 heteroatoms. The van der Waals surface area contributed by atoms with Gasteiger partial charge in [0.05, 0.1) is 24.5 Å². The molecule has 4 rings (SSSR count). The van der Waals surface area contributed by atoms with Crippen LogP contribution in [0, 0.1) is 0 Å². The summed E-state index contributed by atoms with van der Waals surface area (Å²) in [5.74, 6) is -0.140. The Morgan fingerprint density at radius 1 is 1.37 bits per heavy atom. The summed E-state index contributed by atoms with van der Waals surface area (Å²) in [6, 6.07) is 7.78. The van der Waals surface area contributed by atoms with Crippen molar-refractivity contribution in [1.82, 2.24) is 9.78 Å². The van der Waals surface area contributed by atoms with Crippen molar-refractivity contribution in [2.75, 3.05) is 25.6 Å². The Bertz CT molecular complexity index is 916. The third-order valence-electron chi connectivity index (χ3n) is 5.23. The van der Waals surface area contributed by atoms with Gasteiger partial charge in [0, 0.05) is 25.4 Å². The molecule has 2 aliphatic rings. The summed E-state index contributed by atoms with van der Waals surface area (Å²) in [4.78, 5) is 16.4. The average molecular weight is 369 g/mol. The van der Waals surface area contributed by atoms with Gasteiger partial charge in [-0.3, -0.25) is 9.79 Å². The molecule has 0 spiro atoms. The van der Waals surface area contributed by atoms with Gasteiger partial charge in [0.25, 0.3) is 5.91 Å². The van der Waals surface area contributed by atoms with Gasteiger partial charge >= 0.3 is 0 Å². The van der Waals surface area contributed by atoms with Crippen molar-refractivity contribution in [2.45, 2.75) is 31.5 Å². The number of primary amides is 1. The van der Waals surface area contributed by atoms with Crippen LogP contribution >= 0.6 is 0 Å². The predicted molar refractivity (Wildman–Crippen MR) is 101 cm³/mol. The maximum atomic E-state index is 11.9. The molecule has 2 aliphatic heterocycles. The van der Waals surface area contributed by atoms with Crippen LogP contribution in [0.4, 0.5) is 11.5 Å². The summed E-state index contributed by atoms with van der Waals surface area (Å²) < 4.78 is 12.7. The van der Waals surface area contributed by atoms with E-state index in [1.807, 2.05) is 38.1 Å². The number of rotatable bonds is 6. The molecule has 1 amide bonds. The fraction of sp³-hybridized carbons (Fsp3) is 0.421. The quantitative estimate of drug-likeness (QED) is 0.812. The fourth-order valence-electron chi connectivity index (χ4n) is 3.25. The maximum Gasteiger partial charge on any atom is 0.254 e. The maximum absolute atomic E-state index is 11.9. The van der Waals surface area contributed by atoms with Crippen LogP contribution in [-0.4, -0.2) is 41.7 Å². The number of amides is 1. The van der Waals surface area contributed by atoms with Gasteiger partial charge in [-0.1, -0.05) is 12.1 Å². The summed E-state index contributed by atoms with van der Waals surface area (Å²) >= 11 is 0. The second-order valence-electron chi connectivity index (χ2n) is 7.29.